The number of aliphatic carboxylic acids is 1. The molecule has 0 fully saturated rings. The molecule has 3 N–H and O–H groups in total. The van der Waals surface area contributed by atoms with Gasteiger partial charge in [0.1, 0.15) is 6.61 Å². The van der Waals surface area contributed by atoms with E-state index in [1.165, 1.54) is 0 Å². The first-order valence-corrected chi connectivity index (χ1v) is 11.7. The summed E-state index contributed by atoms with van der Waals surface area (Å²) in [6.07, 6.45) is -0.115. The summed E-state index contributed by atoms with van der Waals surface area (Å²) in [6, 6.07) is 16.3. The minimum atomic E-state index is -0.908. The molecule has 0 saturated heterocycles. The van der Waals surface area contributed by atoms with Gasteiger partial charge in [-0.2, -0.15) is 0 Å². The first-order valence-electron chi connectivity index (χ1n) is 11.7. The molecule has 0 aliphatic heterocycles. The number of carbonyl (C=O) groups is 3. The minimum absolute atomic E-state index is 0.0320. The number of amides is 2. The fourth-order valence-corrected chi connectivity index (χ4v) is 4.29. The average Bonchev–Trinajstić information content (AvgIpc) is 3.12. The third-order valence-electron chi connectivity index (χ3n) is 6.65. The van der Waals surface area contributed by atoms with E-state index in [9.17, 15) is 14.4 Å². The molecule has 34 heavy (non-hydrogen) atoms. The van der Waals surface area contributed by atoms with Crippen molar-refractivity contribution in [2.75, 3.05) is 19.7 Å². The zero-order valence-corrected chi connectivity index (χ0v) is 20.3. The Kier molecular flexibility index (Phi) is 7.64. The topological polar surface area (TPSA) is 105 Å². The van der Waals surface area contributed by atoms with Crippen molar-refractivity contribution >= 4 is 18.0 Å². The summed E-state index contributed by atoms with van der Waals surface area (Å²) < 4.78 is 5.57. The molecule has 7 nitrogen and oxygen atoms in total. The van der Waals surface area contributed by atoms with Crippen molar-refractivity contribution in [3.8, 4) is 11.1 Å². The van der Waals surface area contributed by atoms with Crippen molar-refractivity contribution in [2.24, 2.45) is 10.8 Å². The molecule has 0 heterocycles. The molecule has 2 amide bonds. The predicted octanol–water partition coefficient (Wildman–Crippen LogP) is 4.56. The molecule has 0 saturated carbocycles. The monoisotopic (exact) mass is 466 g/mol. The van der Waals surface area contributed by atoms with Crippen LogP contribution < -0.4 is 10.6 Å². The van der Waals surface area contributed by atoms with Crippen LogP contribution in [-0.4, -0.2) is 42.8 Å². The molecule has 7 heteroatoms. The predicted molar refractivity (Wildman–Crippen MR) is 131 cm³/mol. The number of alkyl carbamates (subject to hydrolysis) is 1. The molecule has 3 rings (SSSR count). The molecular weight excluding hydrogens is 432 g/mol. The molecule has 0 bridgehead atoms. The standard InChI is InChI=1S/C27H34N2O5/c1-5-27(4,24(32)28-16-26(2,3)14-23(30)31)17-29-25(33)34-15-22-20-12-8-6-10-18(20)19-11-7-9-13-21(19)22/h6-13,22H,5,14-17H2,1-4H3,(H,28,32)(H,29,33)(H,30,31). The fourth-order valence-electron chi connectivity index (χ4n) is 4.29. The zero-order chi connectivity index (χ0) is 24.9. The van der Waals surface area contributed by atoms with Crippen LogP contribution in [0.5, 0.6) is 0 Å². The molecule has 2 aromatic rings. The van der Waals surface area contributed by atoms with E-state index in [0.717, 1.165) is 22.3 Å². The Labute approximate surface area is 200 Å². The summed E-state index contributed by atoms with van der Waals surface area (Å²) in [4.78, 5) is 36.4. The lowest BCUT2D eigenvalue weighted by Gasteiger charge is -2.30. The third-order valence-corrected chi connectivity index (χ3v) is 6.65. The van der Waals surface area contributed by atoms with Gasteiger partial charge >= 0.3 is 12.1 Å². The second-order valence-electron chi connectivity index (χ2n) is 10.0. The van der Waals surface area contributed by atoms with E-state index < -0.39 is 22.9 Å². The van der Waals surface area contributed by atoms with Gasteiger partial charge < -0.3 is 20.5 Å². The van der Waals surface area contributed by atoms with E-state index in [2.05, 4.69) is 34.9 Å². The van der Waals surface area contributed by atoms with Gasteiger partial charge in [0.05, 0.1) is 11.8 Å². The zero-order valence-electron chi connectivity index (χ0n) is 20.3. The summed E-state index contributed by atoms with van der Waals surface area (Å²) in [5.41, 5.74) is 3.18. The Bertz CT molecular complexity index is 1020. The number of carboxylic acids is 1. The van der Waals surface area contributed by atoms with Crippen LogP contribution in [0.2, 0.25) is 0 Å². The number of hydrogen-bond acceptors (Lipinski definition) is 4. The summed E-state index contributed by atoms with van der Waals surface area (Å²) in [6.45, 7) is 7.79. The number of carbonyl (C=O) groups excluding carboxylic acids is 2. The summed E-state index contributed by atoms with van der Waals surface area (Å²) in [5.74, 6) is -1.17. The van der Waals surface area contributed by atoms with Gasteiger partial charge in [-0.05, 0) is 41.0 Å². The lowest BCUT2D eigenvalue weighted by Crippen LogP contribution is -2.48. The van der Waals surface area contributed by atoms with E-state index in [1.54, 1.807) is 20.8 Å². The van der Waals surface area contributed by atoms with Crippen LogP contribution in [0.25, 0.3) is 11.1 Å². The SMILES string of the molecule is CCC(C)(CNC(=O)OCC1c2ccccc2-c2ccccc21)C(=O)NCC(C)(C)CC(=O)O. The maximum atomic E-state index is 12.8. The number of rotatable bonds is 10. The second-order valence-corrected chi connectivity index (χ2v) is 10.0. The van der Waals surface area contributed by atoms with E-state index >= 15 is 0 Å². The minimum Gasteiger partial charge on any atom is -0.481 e. The molecule has 1 aliphatic rings. The average molecular weight is 467 g/mol. The van der Waals surface area contributed by atoms with E-state index in [1.807, 2.05) is 31.2 Å². The van der Waals surface area contributed by atoms with Gasteiger partial charge in [-0.3, -0.25) is 9.59 Å². The molecule has 0 spiro atoms. The van der Waals surface area contributed by atoms with E-state index in [-0.39, 0.29) is 37.9 Å². The van der Waals surface area contributed by atoms with Gasteiger partial charge in [0, 0.05) is 19.0 Å². The maximum Gasteiger partial charge on any atom is 0.407 e. The quantitative estimate of drug-likeness (QED) is 0.476. The normalized spacial score (nSPS) is 14.5. The van der Waals surface area contributed by atoms with Crippen LogP contribution in [0.4, 0.5) is 4.79 Å². The van der Waals surface area contributed by atoms with Gasteiger partial charge in [0.2, 0.25) is 5.91 Å². The molecule has 2 aromatic carbocycles. The Hall–Kier alpha value is -3.35. The van der Waals surface area contributed by atoms with Gasteiger partial charge in [0.15, 0.2) is 0 Å². The molecule has 1 aliphatic carbocycles. The first-order chi connectivity index (χ1) is 16.1. The molecule has 182 valence electrons. The van der Waals surface area contributed by atoms with E-state index in [4.69, 9.17) is 9.84 Å². The van der Waals surface area contributed by atoms with Crippen LogP contribution >= 0.6 is 0 Å². The number of nitrogens with one attached hydrogen (secondary N) is 2. The Morgan fingerprint density at radius 1 is 0.912 bits per heavy atom. The van der Waals surface area contributed by atoms with E-state index in [0.29, 0.717) is 6.42 Å². The largest absolute Gasteiger partial charge is 0.481 e. The molecule has 1 atom stereocenters. The summed E-state index contributed by atoms with van der Waals surface area (Å²) >= 11 is 0. The van der Waals surface area contributed by atoms with Crippen molar-refractivity contribution in [1.82, 2.24) is 10.6 Å². The Balaban J connectivity index is 1.56. The Morgan fingerprint density at radius 3 is 2.00 bits per heavy atom. The number of ether oxygens (including phenoxy) is 1. The second kappa shape index (κ2) is 10.3. The number of fused-ring (bicyclic) bond motifs is 3. The lowest BCUT2D eigenvalue weighted by molar-refractivity contribution is -0.140. The Morgan fingerprint density at radius 2 is 1.47 bits per heavy atom. The van der Waals surface area contributed by atoms with Gasteiger partial charge in [-0.25, -0.2) is 4.79 Å². The third kappa shape index (κ3) is 5.76. The van der Waals surface area contributed by atoms with Crippen molar-refractivity contribution in [3.05, 3.63) is 59.7 Å². The van der Waals surface area contributed by atoms with Gasteiger partial charge in [-0.1, -0.05) is 69.3 Å². The highest BCUT2D eigenvalue weighted by Crippen LogP contribution is 2.44. The fraction of sp³-hybridized carbons (Fsp3) is 0.444. The van der Waals surface area contributed by atoms with Gasteiger partial charge in [0.25, 0.3) is 0 Å². The molecule has 1 unspecified atom stereocenters. The number of hydrogen-bond donors (Lipinski definition) is 3. The highest BCUT2D eigenvalue weighted by molar-refractivity contribution is 5.83. The first kappa shape index (κ1) is 25.3. The van der Waals surface area contributed by atoms with Crippen molar-refractivity contribution in [3.63, 3.8) is 0 Å². The molecular formula is C27H34N2O5. The van der Waals surface area contributed by atoms with Crippen LogP contribution in [0.1, 0.15) is 57.6 Å². The van der Waals surface area contributed by atoms with Crippen LogP contribution in [-0.2, 0) is 14.3 Å². The molecule has 0 aromatic heterocycles. The lowest BCUT2D eigenvalue weighted by atomic mass is 9.84. The van der Waals surface area contributed by atoms with Crippen molar-refractivity contribution < 1.29 is 24.2 Å². The number of carboxylic acid groups (broad SMARTS) is 1. The highest BCUT2D eigenvalue weighted by atomic mass is 16.5. The summed E-state index contributed by atoms with van der Waals surface area (Å²) in [7, 11) is 0. The van der Waals surface area contributed by atoms with Crippen LogP contribution in [0, 0.1) is 10.8 Å². The van der Waals surface area contributed by atoms with Crippen molar-refractivity contribution in [2.45, 2.75) is 46.5 Å². The summed E-state index contributed by atoms with van der Waals surface area (Å²) in [5, 5.41) is 14.6. The molecule has 0 radical (unpaired) electrons. The maximum absolute atomic E-state index is 12.8. The smallest absolute Gasteiger partial charge is 0.407 e. The highest BCUT2D eigenvalue weighted by Gasteiger charge is 2.34. The van der Waals surface area contributed by atoms with Crippen molar-refractivity contribution in [1.29, 1.82) is 0 Å². The van der Waals surface area contributed by atoms with Crippen LogP contribution in [0.3, 0.4) is 0 Å². The van der Waals surface area contributed by atoms with Crippen LogP contribution in [0.15, 0.2) is 48.5 Å². The van der Waals surface area contributed by atoms with Gasteiger partial charge in [-0.15, -0.1) is 0 Å². The number of benzene rings is 2.